The summed E-state index contributed by atoms with van der Waals surface area (Å²) in [6, 6.07) is 6.89. The van der Waals surface area contributed by atoms with Gasteiger partial charge in [0.2, 0.25) is 0 Å². The van der Waals surface area contributed by atoms with Gasteiger partial charge in [-0.1, -0.05) is 12.1 Å². The number of carbonyl (C=O) groups is 1. The average molecular weight is 307 g/mol. The summed E-state index contributed by atoms with van der Waals surface area (Å²) in [5.41, 5.74) is 0.187. The van der Waals surface area contributed by atoms with E-state index in [0.29, 0.717) is 17.4 Å². The van der Waals surface area contributed by atoms with E-state index in [1.807, 2.05) is 0 Å². The highest BCUT2D eigenvalue weighted by molar-refractivity contribution is 7.99. The minimum Gasteiger partial charge on any atom is -0.396 e. The molecule has 21 heavy (non-hydrogen) atoms. The molecule has 0 saturated heterocycles. The van der Waals surface area contributed by atoms with Crippen molar-refractivity contribution in [2.75, 3.05) is 24.7 Å². The van der Waals surface area contributed by atoms with Crippen LogP contribution in [0.15, 0.2) is 29.1 Å². The largest absolute Gasteiger partial charge is 0.396 e. The number of aromatic nitrogens is 2. The van der Waals surface area contributed by atoms with Crippen LogP contribution in [-0.4, -0.2) is 45.6 Å². The summed E-state index contributed by atoms with van der Waals surface area (Å²) in [6.45, 7) is 0.674. The third-order valence-electron chi connectivity index (χ3n) is 2.81. The number of aromatic amines is 1. The summed E-state index contributed by atoms with van der Waals surface area (Å²) in [7, 11) is 0. The van der Waals surface area contributed by atoms with Gasteiger partial charge in [0, 0.05) is 18.9 Å². The molecule has 0 unspecified atom stereocenters. The molecule has 0 radical (unpaired) electrons. The van der Waals surface area contributed by atoms with Gasteiger partial charge in [0.25, 0.3) is 11.5 Å². The fraction of sp³-hybridized carbons (Fsp3) is 0.357. The van der Waals surface area contributed by atoms with E-state index in [4.69, 9.17) is 5.11 Å². The Morgan fingerprint density at radius 3 is 2.95 bits per heavy atom. The molecular weight excluding hydrogens is 290 g/mol. The van der Waals surface area contributed by atoms with Crippen LogP contribution < -0.4 is 10.9 Å². The number of aliphatic hydroxyl groups is 1. The molecule has 2 rings (SSSR count). The molecule has 6 nitrogen and oxygen atoms in total. The van der Waals surface area contributed by atoms with E-state index in [1.54, 1.807) is 36.0 Å². The number of hydrogen-bond donors (Lipinski definition) is 3. The molecule has 3 N–H and O–H groups in total. The maximum absolute atomic E-state index is 11.9. The molecule has 1 heterocycles. The number of hydrogen-bond acceptors (Lipinski definition) is 5. The number of fused-ring (bicyclic) bond motifs is 1. The minimum atomic E-state index is -0.388. The molecule has 0 aliphatic rings. The number of nitrogens with one attached hydrogen (secondary N) is 2. The van der Waals surface area contributed by atoms with Crippen molar-refractivity contribution in [2.45, 2.75) is 6.42 Å². The zero-order chi connectivity index (χ0) is 15.1. The van der Waals surface area contributed by atoms with Crippen molar-refractivity contribution in [2.24, 2.45) is 0 Å². The van der Waals surface area contributed by atoms with Gasteiger partial charge >= 0.3 is 0 Å². The van der Waals surface area contributed by atoms with Gasteiger partial charge in [-0.15, -0.1) is 0 Å². The Kier molecular flexibility index (Phi) is 5.77. The molecule has 0 aliphatic heterocycles. The summed E-state index contributed by atoms with van der Waals surface area (Å²) >= 11 is 1.65. The first-order valence-corrected chi connectivity index (χ1v) is 7.83. The Bertz CT molecular complexity index is 672. The second-order valence-electron chi connectivity index (χ2n) is 4.38. The maximum atomic E-state index is 11.9. The van der Waals surface area contributed by atoms with Gasteiger partial charge in [-0.05, 0) is 24.3 Å². The fourth-order valence-electron chi connectivity index (χ4n) is 1.78. The third-order valence-corrected chi connectivity index (χ3v) is 3.88. The number of amides is 1. The van der Waals surface area contributed by atoms with Gasteiger partial charge in [0.1, 0.15) is 0 Å². The molecule has 1 aromatic carbocycles. The smallest absolute Gasteiger partial charge is 0.287 e. The monoisotopic (exact) mass is 307 g/mol. The van der Waals surface area contributed by atoms with Crippen LogP contribution in [0.1, 0.15) is 17.0 Å². The van der Waals surface area contributed by atoms with E-state index in [-0.39, 0.29) is 23.9 Å². The average Bonchev–Trinajstić information content (AvgIpc) is 2.50. The number of thioether (sulfide) groups is 1. The van der Waals surface area contributed by atoms with Gasteiger partial charge in [-0.2, -0.15) is 11.8 Å². The predicted octanol–water partition coefficient (Wildman–Crippen LogP) is 0.768. The highest BCUT2D eigenvalue weighted by Gasteiger charge is 2.10. The van der Waals surface area contributed by atoms with Crippen molar-refractivity contribution < 1.29 is 9.90 Å². The van der Waals surface area contributed by atoms with Gasteiger partial charge in [-0.3, -0.25) is 9.59 Å². The number of H-pyrrole nitrogens is 1. The Morgan fingerprint density at radius 1 is 1.33 bits per heavy atom. The molecule has 0 atom stereocenters. The lowest BCUT2D eigenvalue weighted by atomic mass is 10.2. The SMILES string of the molecule is O=C(NCCSCCCO)c1nc2ccccc2c(=O)[nH]1. The molecule has 0 bridgehead atoms. The van der Waals surface area contributed by atoms with E-state index in [1.165, 1.54) is 0 Å². The standard InChI is InChI=1S/C14H17N3O3S/c18-7-3-8-21-9-6-15-14(20)12-16-11-5-2-1-4-10(11)13(19)17-12/h1-2,4-5,18H,3,6-9H2,(H,15,20)(H,16,17,19). The first kappa shape index (κ1) is 15.5. The van der Waals surface area contributed by atoms with E-state index in [2.05, 4.69) is 15.3 Å². The number of para-hydroxylation sites is 1. The molecule has 0 saturated carbocycles. The van der Waals surface area contributed by atoms with E-state index in [0.717, 1.165) is 17.9 Å². The van der Waals surface area contributed by atoms with Crippen molar-refractivity contribution in [1.29, 1.82) is 0 Å². The molecule has 1 aromatic heterocycles. The van der Waals surface area contributed by atoms with Gasteiger partial charge in [0.15, 0.2) is 5.82 Å². The Morgan fingerprint density at radius 2 is 2.14 bits per heavy atom. The lowest BCUT2D eigenvalue weighted by Gasteiger charge is -2.05. The number of benzene rings is 1. The molecule has 0 fully saturated rings. The molecule has 112 valence electrons. The van der Waals surface area contributed by atoms with Crippen molar-refractivity contribution >= 4 is 28.6 Å². The third kappa shape index (κ3) is 4.30. The quantitative estimate of drug-likeness (QED) is 0.657. The number of aliphatic hydroxyl groups excluding tert-OH is 1. The highest BCUT2D eigenvalue weighted by atomic mass is 32.2. The van der Waals surface area contributed by atoms with Crippen LogP contribution in [0.5, 0.6) is 0 Å². The molecule has 2 aromatic rings. The van der Waals surface area contributed by atoms with Gasteiger partial charge < -0.3 is 15.4 Å². The first-order chi connectivity index (χ1) is 10.2. The zero-order valence-electron chi connectivity index (χ0n) is 11.5. The minimum absolute atomic E-state index is 0.0269. The normalized spacial score (nSPS) is 10.7. The van der Waals surface area contributed by atoms with Crippen LogP contribution in [0.2, 0.25) is 0 Å². The van der Waals surface area contributed by atoms with E-state index >= 15 is 0 Å². The topological polar surface area (TPSA) is 95.1 Å². The summed E-state index contributed by atoms with van der Waals surface area (Å²) in [6.07, 6.45) is 0.748. The van der Waals surface area contributed by atoms with E-state index in [9.17, 15) is 9.59 Å². The summed E-state index contributed by atoms with van der Waals surface area (Å²) in [5, 5.41) is 11.8. The number of carbonyl (C=O) groups excluding carboxylic acids is 1. The zero-order valence-corrected chi connectivity index (χ0v) is 12.3. The number of nitrogens with zero attached hydrogens (tertiary/aromatic N) is 1. The number of rotatable bonds is 7. The molecule has 7 heteroatoms. The van der Waals surface area contributed by atoms with Crippen LogP contribution in [0, 0.1) is 0 Å². The Hall–Kier alpha value is -1.86. The molecular formula is C14H17N3O3S. The summed E-state index contributed by atoms with van der Waals surface area (Å²) < 4.78 is 0. The van der Waals surface area contributed by atoms with Crippen molar-refractivity contribution in [3.63, 3.8) is 0 Å². The fourth-order valence-corrected chi connectivity index (χ4v) is 2.57. The highest BCUT2D eigenvalue weighted by Crippen LogP contribution is 2.05. The lowest BCUT2D eigenvalue weighted by Crippen LogP contribution is -2.29. The summed E-state index contributed by atoms with van der Waals surface area (Å²) in [5.74, 6) is 1.25. The predicted molar refractivity (Wildman–Crippen MR) is 83.7 cm³/mol. The van der Waals surface area contributed by atoms with Crippen molar-refractivity contribution in [3.8, 4) is 0 Å². The molecule has 0 spiro atoms. The van der Waals surface area contributed by atoms with Crippen LogP contribution >= 0.6 is 11.8 Å². The second kappa shape index (κ2) is 7.80. The maximum Gasteiger partial charge on any atom is 0.287 e. The second-order valence-corrected chi connectivity index (χ2v) is 5.60. The lowest BCUT2D eigenvalue weighted by molar-refractivity contribution is 0.0946. The van der Waals surface area contributed by atoms with Crippen LogP contribution in [0.4, 0.5) is 0 Å². The van der Waals surface area contributed by atoms with Gasteiger partial charge in [0.05, 0.1) is 10.9 Å². The Labute approximate surface area is 126 Å². The van der Waals surface area contributed by atoms with Crippen LogP contribution in [0.3, 0.4) is 0 Å². The summed E-state index contributed by atoms with van der Waals surface area (Å²) in [4.78, 5) is 30.4. The Balaban J connectivity index is 1.95. The van der Waals surface area contributed by atoms with Crippen molar-refractivity contribution in [1.82, 2.24) is 15.3 Å². The van der Waals surface area contributed by atoms with Gasteiger partial charge in [-0.25, -0.2) is 4.98 Å². The molecule has 1 amide bonds. The van der Waals surface area contributed by atoms with Crippen LogP contribution in [0.25, 0.3) is 10.9 Å². The van der Waals surface area contributed by atoms with Crippen molar-refractivity contribution in [3.05, 3.63) is 40.4 Å². The van der Waals surface area contributed by atoms with E-state index < -0.39 is 0 Å². The molecule has 0 aliphatic carbocycles. The first-order valence-electron chi connectivity index (χ1n) is 6.68. The van der Waals surface area contributed by atoms with Crippen LogP contribution in [-0.2, 0) is 0 Å².